The fourth-order valence-corrected chi connectivity index (χ4v) is 3.99. The number of hydrogen-bond donors (Lipinski definition) is 1. The van der Waals surface area contributed by atoms with E-state index in [9.17, 15) is 0 Å². The van der Waals surface area contributed by atoms with Gasteiger partial charge in [-0.25, -0.2) is 0 Å². The van der Waals surface area contributed by atoms with E-state index in [2.05, 4.69) is 64.5 Å². The summed E-state index contributed by atoms with van der Waals surface area (Å²) in [5.41, 5.74) is 1.37. The molecule has 1 aromatic carbocycles. The second-order valence-corrected chi connectivity index (χ2v) is 7.13. The molecule has 0 amide bonds. The Balaban J connectivity index is 1.89. The molecule has 0 spiro atoms. The largest absolute Gasteiger partial charge is 0.313 e. The molecule has 0 heterocycles. The van der Waals surface area contributed by atoms with E-state index in [0.717, 1.165) is 19.0 Å². The summed E-state index contributed by atoms with van der Waals surface area (Å²) in [5.74, 6) is 0. The standard InChI is InChI=1S/C18H29BrN2/c1-20-18(16-11-7-8-12-17(16)19)13-14-21(2)15-9-5-3-4-6-10-15/h7-8,11-12,15,18,20H,3-6,9-10,13-14H2,1-2H3. The van der Waals surface area contributed by atoms with Crippen LogP contribution in [0.1, 0.15) is 56.6 Å². The van der Waals surface area contributed by atoms with Crippen LogP contribution in [0, 0.1) is 0 Å². The summed E-state index contributed by atoms with van der Waals surface area (Å²) in [4.78, 5) is 2.59. The number of nitrogens with one attached hydrogen (secondary N) is 1. The molecule has 1 saturated carbocycles. The minimum absolute atomic E-state index is 0.425. The van der Waals surface area contributed by atoms with E-state index in [1.807, 2.05) is 0 Å². The summed E-state index contributed by atoms with van der Waals surface area (Å²) < 4.78 is 1.21. The second-order valence-electron chi connectivity index (χ2n) is 6.28. The van der Waals surface area contributed by atoms with E-state index in [-0.39, 0.29) is 0 Å². The summed E-state index contributed by atoms with van der Waals surface area (Å²) in [5, 5.41) is 3.47. The van der Waals surface area contributed by atoms with Gasteiger partial charge in [0.1, 0.15) is 0 Å². The molecule has 1 aromatic rings. The van der Waals surface area contributed by atoms with E-state index >= 15 is 0 Å². The molecule has 3 heteroatoms. The van der Waals surface area contributed by atoms with Gasteiger partial charge >= 0.3 is 0 Å². The van der Waals surface area contributed by atoms with Crippen molar-refractivity contribution in [2.75, 3.05) is 20.6 Å². The van der Waals surface area contributed by atoms with Gasteiger partial charge in [-0.05, 0) is 51.5 Å². The summed E-state index contributed by atoms with van der Waals surface area (Å²) >= 11 is 3.68. The number of halogens is 1. The number of benzene rings is 1. The lowest BCUT2D eigenvalue weighted by Gasteiger charge is -2.29. The van der Waals surface area contributed by atoms with E-state index in [0.29, 0.717) is 6.04 Å². The topological polar surface area (TPSA) is 15.3 Å². The smallest absolute Gasteiger partial charge is 0.0340 e. The van der Waals surface area contributed by atoms with Gasteiger partial charge in [-0.1, -0.05) is 59.8 Å². The van der Waals surface area contributed by atoms with Crippen LogP contribution in [0.2, 0.25) is 0 Å². The van der Waals surface area contributed by atoms with Crippen molar-refractivity contribution >= 4 is 15.9 Å². The zero-order valence-electron chi connectivity index (χ0n) is 13.4. The Morgan fingerprint density at radius 1 is 1.19 bits per heavy atom. The molecule has 0 saturated heterocycles. The lowest BCUT2D eigenvalue weighted by atomic mass is 10.0. The van der Waals surface area contributed by atoms with Crippen LogP contribution in [0.3, 0.4) is 0 Å². The normalized spacial score (nSPS) is 18.7. The zero-order chi connectivity index (χ0) is 15.1. The van der Waals surface area contributed by atoms with Crippen LogP contribution in [-0.4, -0.2) is 31.6 Å². The van der Waals surface area contributed by atoms with Crippen molar-refractivity contribution < 1.29 is 0 Å². The van der Waals surface area contributed by atoms with Crippen molar-refractivity contribution in [2.45, 2.75) is 57.0 Å². The third-order valence-electron chi connectivity index (χ3n) is 4.85. The van der Waals surface area contributed by atoms with E-state index in [1.165, 1.54) is 48.6 Å². The van der Waals surface area contributed by atoms with Gasteiger partial charge < -0.3 is 10.2 Å². The maximum Gasteiger partial charge on any atom is 0.0340 e. The molecule has 1 unspecified atom stereocenters. The predicted octanol–water partition coefficient (Wildman–Crippen LogP) is 4.75. The van der Waals surface area contributed by atoms with Crippen molar-refractivity contribution in [1.29, 1.82) is 0 Å². The van der Waals surface area contributed by atoms with E-state index < -0.39 is 0 Å². The van der Waals surface area contributed by atoms with Gasteiger partial charge in [-0.3, -0.25) is 0 Å². The molecule has 1 aliphatic carbocycles. The fraction of sp³-hybridized carbons (Fsp3) is 0.667. The summed E-state index contributed by atoms with van der Waals surface area (Å²) in [6, 6.07) is 9.78. The third-order valence-corrected chi connectivity index (χ3v) is 5.57. The lowest BCUT2D eigenvalue weighted by molar-refractivity contribution is 0.211. The van der Waals surface area contributed by atoms with Crippen molar-refractivity contribution in [3.63, 3.8) is 0 Å². The highest BCUT2D eigenvalue weighted by molar-refractivity contribution is 9.10. The van der Waals surface area contributed by atoms with Crippen LogP contribution in [0.5, 0.6) is 0 Å². The molecule has 118 valence electrons. The van der Waals surface area contributed by atoms with Gasteiger partial charge in [-0.15, -0.1) is 0 Å². The van der Waals surface area contributed by atoms with Gasteiger partial charge in [0.2, 0.25) is 0 Å². The summed E-state index contributed by atoms with van der Waals surface area (Å²) in [7, 11) is 4.37. The van der Waals surface area contributed by atoms with Gasteiger partial charge in [0.05, 0.1) is 0 Å². The Morgan fingerprint density at radius 2 is 1.86 bits per heavy atom. The highest BCUT2D eigenvalue weighted by Gasteiger charge is 2.19. The Bertz CT molecular complexity index is 413. The first kappa shape index (κ1) is 17.0. The minimum Gasteiger partial charge on any atom is -0.313 e. The fourth-order valence-electron chi connectivity index (χ4n) is 3.43. The Labute approximate surface area is 138 Å². The first-order valence-corrected chi connectivity index (χ1v) is 9.13. The van der Waals surface area contributed by atoms with E-state index in [4.69, 9.17) is 0 Å². The average molecular weight is 353 g/mol. The molecule has 2 rings (SSSR count). The van der Waals surface area contributed by atoms with Crippen LogP contribution in [0.15, 0.2) is 28.7 Å². The number of nitrogens with zero attached hydrogens (tertiary/aromatic N) is 1. The van der Waals surface area contributed by atoms with Gasteiger partial charge in [0.25, 0.3) is 0 Å². The maximum absolute atomic E-state index is 3.68. The van der Waals surface area contributed by atoms with Crippen LogP contribution < -0.4 is 5.32 Å². The predicted molar refractivity (Wildman–Crippen MR) is 94.7 cm³/mol. The molecule has 1 atom stereocenters. The third kappa shape index (κ3) is 5.08. The van der Waals surface area contributed by atoms with Crippen molar-refractivity contribution in [3.8, 4) is 0 Å². The molecule has 0 radical (unpaired) electrons. The molecular formula is C18H29BrN2. The van der Waals surface area contributed by atoms with Crippen molar-refractivity contribution in [2.24, 2.45) is 0 Å². The van der Waals surface area contributed by atoms with Gasteiger partial charge in [0.15, 0.2) is 0 Å². The Morgan fingerprint density at radius 3 is 2.48 bits per heavy atom. The molecule has 21 heavy (non-hydrogen) atoms. The Kier molecular flexibility index (Phi) is 7.21. The van der Waals surface area contributed by atoms with Crippen LogP contribution in [0.4, 0.5) is 0 Å². The zero-order valence-corrected chi connectivity index (χ0v) is 15.0. The second kappa shape index (κ2) is 8.92. The molecule has 1 N–H and O–H groups in total. The van der Waals surface area contributed by atoms with Crippen LogP contribution >= 0.6 is 15.9 Å². The summed E-state index contributed by atoms with van der Waals surface area (Å²) in [6.07, 6.45) is 9.61. The minimum atomic E-state index is 0.425. The summed E-state index contributed by atoms with van der Waals surface area (Å²) in [6.45, 7) is 1.16. The maximum atomic E-state index is 3.68. The molecular weight excluding hydrogens is 324 g/mol. The number of hydrogen-bond acceptors (Lipinski definition) is 2. The van der Waals surface area contributed by atoms with Crippen LogP contribution in [-0.2, 0) is 0 Å². The quantitative estimate of drug-likeness (QED) is 0.742. The molecule has 0 aliphatic heterocycles. The molecule has 1 fully saturated rings. The molecule has 1 aliphatic rings. The van der Waals surface area contributed by atoms with Crippen molar-refractivity contribution in [3.05, 3.63) is 34.3 Å². The lowest BCUT2D eigenvalue weighted by Crippen LogP contribution is -2.34. The Hall–Kier alpha value is -0.380. The van der Waals surface area contributed by atoms with Crippen molar-refractivity contribution in [1.82, 2.24) is 10.2 Å². The average Bonchev–Trinajstić information content (AvgIpc) is 2.78. The molecule has 2 nitrogen and oxygen atoms in total. The van der Waals surface area contributed by atoms with Gasteiger partial charge in [-0.2, -0.15) is 0 Å². The first-order chi connectivity index (χ1) is 10.2. The van der Waals surface area contributed by atoms with E-state index in [1.54, 1.807) is 0 Å². The van der Waals surface area contributed by atoms with Crippen LogP contribution in [0.25, 0.3) is 0 Å². The highest BCUT2D eigenvalue weighted by Crippen LogP contribution is 2.26. The highest BCUT2D eigenvalue weighted by atomic mass is 79.9. The molecule has 0 bridgehead atoms. The monoisotopic (exact) mass is 352 g/mol. The first-order valence-electron chi connectivity index (χ1n) is 8.34. The SMILES string of the molecule is CNC(CCN(C)C1CCCCCC1)c1ccccc1Br. The molecule has 0 aromatic heterocycles. The number of rotatable bonds is 6. The van der Waals surface area contributed by atoms with Gasteiger partial charge in [0, 0.05) is 16.6 Å².